The van der Waals surface area contributed by atoms with E-state index in [1.165, 1.54) is 11.1 Å². The Kier molecular flexibility index (Phi) is 4.59. The van der Waals surface area contributed by atoms with Crippen molar-refractivity contribution in [3.63, 3.8) is 0 Å². The molecule has 0 aliphatic carbocycles. The molecule has 0 bridgehead atoms. The number of nitrogens with zero attached hydrogens (tertiary/aromatic N) is 1. The fraction of sp³-hybridized carbons (Fsp3) is 0.188. The maximum atomic E-state index is 8.82. The highest BCUT2D eigenvalue weighted by Crippen LogP contribution is 2.24. The number of halogens is 1. The number of anilines is 1. The number of rotatable bonds is 4. The molecule has 0 saturated heterocycles. The molecule has 0 radical (unpaired) electrons. The lowest BCUT2D eigenvalue weighted by Gasteiger charge is -2.09. The average Bonchev–Trinajstić information content (AvgIpc) is 2.46. The highest BCUT2D eigenvalue weighted by molar-refractivity contribution is 9.10. The van der Waals surface area contributed by atoms with Crippen molar-refractivity contribution in [3.8, 4) is 6.07 Å². The maximum absolute atomic E-state index is 8.82. The third-order valence-electron chi connectivity index (χ3n) is 3.01. The van der Waals surface area contributed by atoms with E-state index in [-0.39, 0.29) is 0 Å². The van der Waals surface area contributed by atoms with E-state index in [0.29, 0.717) is 5.56 Å². The molecule has 0 aliphatic rings. The Hall–Kier alpha value is -1.79. The van der Waals surface area contributed by atoms with Crippen LogP contribution in [0.1, 0.15) is 23.6 Å². The monoisotopic (exact) mass is 314 g/mol. The van der Waals surface area contributed by atoms with Crippen LogP contribution in [0.3, 0.4) is 0 Å². The quantitative estimate of drug-likeness (QED) is 0.902. The van der Waals surface area contributed by atoms with E-state index in [4.69, 9.17) is 5.26 Å². The average molecular weight is 315 g/mol. The molecule has 96 valence electrons. The topological polar surface area (TPSA) is 35.8 Å². The lowest BCUT2D eigenvalue weighted by Crippen LogP contribution is -2.00. The fourth-order valence-electron chi connectivity index (χ4n) is 1.82. The smallest absolute Gasteiger partial charge is 0.0992 e. The van der Waals surface area contributed by atoms with Crippen LogP contribution in [-0.4, -0.2) is 0 Å². The number of aryl methyl sites for hydroxylation is 1. The molecule has 2 aromatic rings. The largest absolute Gasteiger partial charge is 0.380 e. The molecular weight excluding hydrogens is 300 g/mol. The molecule has 0 saturated carbocycles. The zero-order chi connectivity index (χ0) is 13.7. The Morgan fingerprint density at radius 2 is 1.79 bits per heavy atom. The number of benzene rings is 2. The van der Waals surface area contributed by atoms with Crippen molar-refractivity contribution in [1.29, 1.82) is 5.26 Å². The summed E-state index contributed by atoms with van der Waals surface area (Å²) in [5, 5.41) is 12.2. The fourth-order valence-corrected chi connectivity index (χ4v) is 2.34. The first-order valence-corrected chi connectivity index (χ1v) is 7.03. The van der Waals surface area contributed by atoms with E-state index in [0.717, 1.165) is 23.1 Å². The highest BCUT2D eigenvalue weighted by atomic mass is 79.9. The first kappa shape index (κ1) is 13.6. The predicted octanol–water partition coefficient (Wildman–Crippen LogP) is 4.50. The van der Waals surface area contributed by atoms with Crippen molar-refractivity contribution in [3.05, 3.63) is 63.6 Å². The molecule has 1 N–H and O–H groups in total. The second-order valence-corrected chi connectivity index (χ2v) is 5.18. The molecule has 0 atom stereocenters. The normalized spacial score (nSPS) is 9.95. The van der Waals surface area contributed by atoms with Crippen molar-refractivity contribution >= 4 is 21.6 Å². The van der Waals surface area contributed by atoms with Gasteiger partial charge >= 0.3 is 0 Å². The van der Waals surface area contributed by atoms with Gasteiger partial charge in [0.15, 0.2) is 0 Å². The molecule has 19 heavy (non-hydrogen) atoms. The van der Waals surface area contributed by atoms with Crippen LogP contribution in [0.25, 0.3) is 0 Å². The van der Waals surface area contributed by atoms with Crippen molar-refractivity contribution in [2.45, 2.75) is 19.9 Å². The van der Waals surface area contributed by atoms with Crippen LogP contribution >= 0.6 is 15.9 Å². The van der Waals surface area contributed by atoms with E-state index < -0.39 is 0 Å². The molecule has 2 aromatic carbocycles. The summed E-state index contributed by atoms with van der Waals surface area (Å²) in [5.41, 5.74) is 4.25. The Morgan fingerprint density at radius 1 is 1.11 bits per heavy atom. The molecule has 2 rings (SSSR count). The summed E-state index contributed by atoms with van der Waals surface area (Å²) in [6, 6.07) is 16.3. The third kappa shape index (κ3) is 3.59. The Labute approximate surface area is 122 Å². The van der Waals surface area contributed by atoms with Gasteiger partial charge in [0.2, 0.25) is 0 Å². The van der Waals surface area contributed by atoms with Gasteiger partial charge in [-0.25, -0.2) is 0 Å². The molecule has 0 unspecified atom stereocenters. The number of nitriles is 1. The Bertz CT molecular complexity index is 597. The molecular formula is C16H15BrN2. The zero-order valence-corrected chi connectivity index (χ0v) is 12.4. The van der Waals surface area contributed by atoms with Crippen molar-refractivity contribution in [1.82, 2.24) is 0 Å². The van der Waals surface area contributed by atoms with Crippen molar-refractivity contribution in [2.75, 3.05) is 5.32 Å². The van der Waals surface area contributed by atoms with Crippen LogP contribution in [0.15, 0.2) is 46.9 Å². The minimum absolute atomic E-state index is 0.657. The van der Waals surface area contributed by atoms with Gasteiger partial charge < -0.3 is 5.32 Å². The van der Waals surface area contributed by atoms with E-state index in [2.05, 4.69) is 58.5 Å². The Balaban J connectivity index is 2.04. The van der Waals surface area contributed by atoms with Gasteiger partial charge in [-0.15, -0.1) is 0 Å². The Morgan fingerprint density at radius 3 is 2.37 bits per heavy atom. The number of hydrogen-bond donors (Lipinski definition) is 1. The van der Waals surface area contributed by atoms with Crippen molar-refractivity contribution in [2.24, 2.45) is 0 Å². The van der Waals surface area contributed by atoms with Gasteiger partial charge in [-0.3, -0.25) is 0 Å². The zero-order valence-electron chi connectivity index (χ0n) is 10.8. The van der Waals surface area contributed by atoms with E-state index in [9.17, 15) is 0 Å². The SMILES string of the molecule is CCc1ccc(CNc2ccc(C#N)cc2Br)cc1. The van der Waals surface area contributed by atoms with Crippen LogP contribution in [0.5, 0.6) is 0 Å². The number of nitrogens with one attached hydrogen (secondary N) is 1. The van der Waals surface area contributed by atoms with Gasteiger partial charge in [-0.05, 0) is 51.7 Å². The molecule has 3 heteroatoms. The second kappa shape index (κ2) is 6.40. The lowest BCUT2D eigenvalue weighted by molar-refractivity contribution is 1.10. The summed E-state index contributed by atoms with van der Waals surface area (Å²) in [4.78, 5) is 0. The van der Waals surface area contributed by atoms with Gasteiger partial charge in [-0.2, -0.15) is 5.26 Å². The van der Waals surface area contributed by atoms with Crippen LogP contribution in [0.2, 0.25) is 0 Å². The van der Waals surface area contributed by atoms with Crippen LogP contribution in [0, 0.1) is 11.3 Å². The minimum Gasteiger partial charge on any atom is -0.380 e. The van der Waals surface area contributed by atoms with Crippen LogP contribution in [0.4, 0.5) is 5.69 Å². The molecule has 2 nitrogen and oxygen atoms in total. The van der Waals surface area contributed by atoms with Gasteiger partial charge in [-0.1, -0.05) is 31.2 Å². The van der Waals surface area contributed by atoms with E-state index in [1.54, 1.807) is 0 Å². The molecule has 0 spiro atoms. The van der Waals surface area contributed by atoms with Gasteiger partial charge in [0.25, 0.3) is 0 Å². The molecule has 0 heterocycles. The van der Waals surface area contributed by atoms with Gasteiger partial charge in [0, 0.05) is 16.7 Å². The first-order chi connectivity index (χ1) is 9.22. The predicted molar refractivity (Wildman–Crippen MR) is 82.0 cm³/mol. The minimum atomic E-state index is 0.657. The summed E-state index contributed by atoms with van der Waals surface area (Å²) in [6.45, 7) is 2.93. The molecule has 0 aromatic heterocycles. The van der Waals surface area contributed by atoms with Gasteiger partial charge in [0.05, 0.1) is 11.6 Å². The second-order valence-electron chi connectivity index (χ2n) is 4.33. The highest BCUT2D eigenvalue weighted by Gasteiger charge is 2.01. The maximum Gasteiger partial charge on any atom is 0.0992 e. The molecule has 0 aliphatic heterocycles. The summed E-state index contributed by atoms with van der Waals surface area (Å²) in [7, 11) is 0. The number of hydrogen-bond acceptors (Lipinski definition) is 2. The summed E-state index contributed by atoms with van der Waals surface area (Å²) in [6.07, 6.45) is 1.06. The van der Waals surface area contributed by atoms with Crippen molar-refractivity contribution < 1.29 is 0 Å². The van der Waals surface area contributed by atoms with Gasteiger partial charge in [0.1, 0.15) is 0 Å². The lowest BCUT2D eigenvalue weighted by atomic mass is 10.1. The summed E-state index contributed by atoms with van der Waals surface area (Å²) < 4.78 is 0.914. The standard InChI is InChI=1S/C16H15BrN2/c1-2-12-3-5-13(6-4-12)11-19-16-8-7-14(10-18)9-15(16)17/h3-9,19H,2,11H2,1H3. The summed E-state index contributed by atoms with van der Waals surface area (Å²) in [5.74, 6) is 0. The van der Waals surface area contributed by atoms with Crippen LogP contribution < -0.4 is 5.32 Å². The molecule has 0 amide bonds. The van der Waals surface area contributed by atoms with Crippen LogP contribution in [-0.2, 0) is 13.0 Å². The summed E-state index contributed by atoms with van der Waals surface area (Å²) >= 11 is 3.47. The molecule has 0 fully saturated rings. The van der Waals surface area contributed by atoms with E-state index in [1.807, 2.05) is 18.2 Å². The third-order valence-corrected chi connectivity index (χ3v) is 3.67. The first-order valence-electron chi connectivity index (χ1n) is 6.24. The van der Waals surface area contributed by atoms with E-state index >= 15 is 0 Å².